The fourth-order valence-corrected chi connectivity index (χ4v) is 3.39. The summed E-state index contributed by atoms with van der Waals surface area (Å²) >= 11 is 0. The number of benzene rings is 2. The molecule has 0 spiro atoms. The molecule has 0 fully saturated rings. The van der Waals surface area contributed by atoms with Crippen LogP contribution in [0.1, 0.15) is 11.1 Å². The lowest BCUT2D eigenvalue weighted by Gasteiger charge is -2.22. The van der Waals surface area contributed by atoms with E-state index in [1.165, 1.54) is 24.0 Å². The Bertz CT molecular complexity index is 838. The van der Waals surface area contributed by atoms with Crippen molar-refractivity contribution in [2.24, 2.45) is 4.99 Å². The average molecular weight is 502 g/mol. The van der Waals surface area contributed by atoms with E-state index < -0.39 is 10.0 Å². The number of halogens is 1. The van der Waals surface area contributed by atoms with Crippen LogP contribution in [0.2, 0.25) is 0 Å². The van der Waals surface area contributed by atoms with E-state index in [4.69, 9.17) is 0 Å². The molecular weight excluding hydrogens is 475 g/mol. The highest BCUT2D eigenvalue weighted by molar-refractivity contribution is 14.0. The minimum absolute atomic E-state index is 0. The van der Waals surface area contributed by atoms with Crippen molar-refractivity contribution in [1.82, 2.24) is 14.5 Å². The van der Waals surface area contributed by atoms with E-state index in [0.29, 0.717) is 6.54 Å². The van der Waals surface area contributed by atoms with Gasteiger partial charge in [-0.1, -0.05) is 42.5 Å². The number of aliphatic imine (C=N–C) groups is 1. The maximum Gasteiger partial charge on any atom is 0.242 e. The molecule has 27 heavy (non-hydrogen) atoms. The summed E-state index contributed by atoms with van der Waals surface area (Å²) in [4.78, 5) is 6.64. The van der Waals surface area contributed by atoms with Gasteiger partial charge in [0.25, 0.3) is 0 Å². The van der Waals surface area contributed by atoms with Crippen molar-refractivity contribution in [2.45, 2.75) is 18.0 Å². The van der Waals surface area contributed by atoms with Crippen LogP contribution < -0.4 is 5.32 Å². The molecule has 6 nitrogen and oxygen atoms in total. The quantitative estimate of drug-likeness (QED) is 0.375. The Kier molecular flexibility index (Phi) is 9.20. The van der Waals surface area contributed by atoms with Gasteiger partial charge in [0.05, 0.1) is 4.90 Å². The lowest BCUT2D eigenvalue weighted by atomic mass is 10.2. The molecule has 2 aromatic carbocycles. The molecule has 2 aromatic rings. The molecule has 1 N–H and O–H groups in total. The van der Waals surface area contributed by atoms with Crippen LogP contribution >= 0.6 is 24.0 Å². The molecule has 8 heteroatoms. The number of nitrogens with zero attached hydrogens (tertiary/aromatic N) is 3. The van der Waals surface area contributed by atoms with Crippen LogP contribution in [0.25, 0.3) is 0 Å². The predicted molar refractivity (Wildman–Crippen MR) is 121 cm³/mol. The Labute approximate surface area is 179 Å². The summed E-state index contributed by atoms with van der Waals surface area (Å²) in [7, 11) is 3.38. The van der Waals surface area contributed by atoms with Gasteiger partial charge in [0.15, 0.2) is 5.96 Å². The topological polar surface area (TPSA) is 65.0 Å². The minimum Gasteiger partial charge on any atom is -0.352 e. The molecule has 0 aromatic heterocycles. The zero-order chi connectivity index (χ0) is 19.2. The van der Waals surface area contributed by atoms with Crippen molar-refractivity contribution in [3.63, 3.8) is 0 Å². The third-order valence-electron chi connectivity index (χ3n) is 3.99. The zero-order valence-electron chi connectivity index (χ0n) is 16.1. The summed E-state index contributed by atoms with van der Waals surface area (Å²) in [6.45, 7) is 1.31. The normalized spacial score (nSPS) is 11.8. The minimum atomic E-state index is -3.40. The molecule has 148 valence electrons. The number of rotatable bonds is 6. The predicted octanol–water partition coefficient (Wildman–Crippen LogP) is 2.76. The van der Waals surface area contributed by atoms with Crippen molar-refractivity contribution in [3.8, 4) is 0 Å². The summed E-state index contributed by atoms with van der Waals surface area (Å²) in [5, 5.41) is 3.30. The van der Waals surface area contributed by atoms with Crippen molar-refractivity contribution >= 4 is 40.0 Å². The van der Waals surface area contributed by atoms with Gasteiger partial charge in [-0.2, -0.15) is 0 Å². The molecule has 0 atom stereocenters. The van der Waals surface area contributed by atoms with Gasteiger partial charge in [-0.15, -0.1) is 24.0 Å². The molecule has 0 bridgehead atoms. The molecule has 0 amide bonds. The fraction of sp³-hybridized carbons (Fsp3) is 0.316. The Balaban J connectivity index is 0.00000364. The highest BCUT2D eigenvalue weighted by atomic mass is 127. The zero-order valence-corrected chi connectivity index (χ0v) is 19.2. The number of hydrogen-bond donors (Lipinski definition) is 1. The maximum absolute atomic E-state index is 12.1. The van der Waals surface area contributed by atoms with Crippen molar-refractivity contribution in [2.75, 3.05) is 28.2 Å². The summed E-state index contributed by atoms with van der Waals surface area (Å²) < 4.78 is 25.4. The summed E-state index contributed by atoms with van der Waals surface area (Å²) in [6.07, 6.45) is 0. The highest BCUT2D eigenvalue weighted by Crippen LogP contribution is 2.14. The summed E-state index contributed by atoms with van der Waals surface area (Å²) in [5.74, 6) is 0.777. The van der Waals surface area contributed by atoms with Crippen molar-refractivity contribution < 1.29 is 8.42 Å². The SMILES string of the molecule is CN=C(NCc1ccc(S(=O)(=O)N(C)C)cc1)N(C)Cc1ccccc1.I. The number of nitrogens with one attached hydrogen (secondary N) is 1. The van der Waals surface area contributed by atoms with Crippen LogP contribution in [0.4, 0.5) is 0 Å². The van der Waals surface area contributed by atoms with Crippen LogP contribution in [-0.2, 0) is 23.1 Å². The highest BCUT2D eigenvalue weighted by Gasteiger charge is 2.16. The molecule has 0 aliphatic rings. The molecule has 0 saturated heterocycles. The molecule has 0 radical (unpaired) electrons. The van der Waals surface area contributed by atoms with Gasteiger partial charge in [-0.05, 0) is 23.3 Å². The van der Waals surface area contributed by atoms with Gasteiger partial charge in [0.2, 0.25) is 10.0 Å². The van der Waals surface area contributed by atoms with Crippen molar-refractivity contribution in [3.05, 3.63) is 65.7 Å². The molecule has 0 heterocycles. The maximum atomic E-state index is 12.1. The van der Waals surface area contributed by atoms with Gasteiger partial charge in [-0.25, -0.2) is 12.7 Å². The lowest BCUT2D eigenvalue weighted by molar-refractivity contribution is 0.476. The second-order valence-electron chi connectivity index (χ2n) is 6.17. The molecule has 0 saturated carbocycles. The van der Waals surface area contributed by atoms with E-state index in [-0.39, 0.29) is 28.9 Å². The number of hydrogen-bond acceptors (Lipinski definition) is 3. The first-order chi connectivity index (χ1) is 12.3. The average Bonchev–Trinajstić information content (AvgIpc) is 2.63. The van der Waals surface area contributed by atoms with Crippen molar-refractivity contribution in [1.29, 1.82) is 0 Å². The first-order valence-electron chi connectivity index (χ1n) is 8.32. The van der Waals surface area contributed by atoms with Crippen LogP contribution in [0.3, 0.4) is 0 Å². The van der Waals surface area contributed by atoms with Gasteiger partial charge < -0.3 is 10.2 Å². The monoisotopic (exact) mass is 502 g/mol. The second kappa shape index (κ2) is 10.6. The summed E-state index contributed by atoms with van der Waals surface area (Å²) in [6, 6.07) is 17.1. The molecule has 0 unspecified atom stereocenters. The van der Waals surface area contributed by atoms with E-state index in [0.717, 1.165) is 18.1 Å². The van der Waals surface area contributed by atoms with Gasteiger partial charge in [0, 0.05) is 41.3 Å². The molecule has 0 aliphatic carbocycles. The van der Waals surface area contributed by atoms with Gasteiger partial charge >= 0.3 is 0 Å². The van der Waals surface area contributed by atoms with Gasteiger partial charge in [0.1, 0.15) is 0 Å². The van der Waals surface area contributed by atoms with Crippen LogP contribution in [0, 0.1) is 0 Å². The molecule has 0 aliphatic heterocycles. The number of sulfonamides is 1. The lowest BCUT2D eigenvalue weighted by Crippen LogP contribution is -2.38. The third-order valence-corrected chi connectivity index (χ3v) is 5.82. The second-order valence-corrected chi connectivity index (χ2v) is 8.33. The molecule has 2 rings (SSSR count). The van der Waals surface area contributed by atoms with E-state index in [1.54, 1.807) is 19.2 Å². The van der Waals surface area contributed by atoms with E-state index in [2.05, 4.69) is 22.4 Å². The number of guanidine groups is 1. The van der Waals surface area contributed by atoms with Crippen LogP contribution in [0.15, 0.2) is 64.5 Å². The van der Waals surface area contributed by atoms with Crippen LogP contribution in [0.5, 0.6) is 0 Å². The molecular formula is C19H27IN4O2S. The summed E-state index contributed by atoms with van der Waals surface area (Å²) in [5.41, 5.74) is 2.19. The Morgan fingerprint density at radius 3 is 2.07 bits per heavy atom. The first-order valence-corrected chi connectivity index (χ1v) is 9.76. The standard InChI is InChI=1S/C19H26N4O2S.HI/c1-20-19(23(4)15-17-8-6-5-7-9-17)21-14-16-10-12-18(13-11-16)26(24,25)22(2)3;/h5-13H,14-15H2,1-4H3,(H,20,21);1H. The largest absolute Gasteiger partial charge is 0.352 e. The third kappa shape index (κ3) is 6.47. The van der Waals surface area contributed by atoms with E-state index >= 15 is 0 Å². The fourth-order valence-electron chi connectivity index (χ4n) is 2.49. The Hall–Kier alpha value is -1.65. The smallest absolute Gasteiger partial charge is 0.242 e. The Morgan fingerprint density at radius 1 is 0.963 bits per heavy atom. The van der Waals surface area contributed by atoms with Gasteiger partial charge in [-0.3, -0.25) is 4.99 Å². The van der Waals surface area contributed by atoms with E-state index in [1.807, 2.05) is 42.3 Å². The Morgan fingerprint density at radius 2 is 1.56 bits per heavy atom. The first kappa shape index (κ1) is 23.4. The van der Waals surface area contributed by atoms with Crippen LogP contribution in [-0.4, -0.2) is 51.8 Å². The van der Waals surface area contributed by atoms with E-state index in [9.17, 15) is 8.42 Å².